The number of benzene rings is 1. The number of phenolic OH excluding ortho intramolecular Hbond substituents is 1. The Hall–Kier alpha value is 0.370. The molecule has 0 saturated heterocycles. The Morgan fingerprint density at radius 1 is 1.18 bits per heavy atom. The smallest absolute Gasteiger partial charge is 0.320 e. The summed E-state index contributed by atoms with van der Waals surface area (Å²) in [6.45, 7) is 0. The van der Waals surface area contributed by atoms with Crippen molar-refractivity contribution in [2.24, 2.45) is 5.73 Å². The maximum Gasteiger partial charge on any atom is 0.320 e. The second kappa shape index (κ2) is 12.8. The fourth-order valence-corrected chi connectivity index (χ4v) is 0.973. The van der Waals surface area contributed by atoms with Gasteiger partial charge in [0.2, 0.25) is 0 Å². The van der Waals surface area contributed by atoms with Crippen LogP contribution in [0.25, 0.3) is 0 Å². The molecular formula is C9H15NNa2O5. The average molecular weight is 263 g/mol. The molecule has 8 heteroatoms. The van der Waals surface area contributed by atoms with Gasteiger partial charge in [0.1, 0.15) is 11.8 Å². The summed E-state index contributed by atoms with van der Waals surface area (Å²) in [5.74, 6) is -0.860. The Bertz CT molecular complexity index is 307. The first kappa shape index (κ1) is 26.0. The van der Waals surface area contributed by atoms with Crippen molar-refractivity contribution in [3.8, 4) is 5.75 Å². The molecule has 0 spiro atoms. The summed E-state index contributed by atoms with van der Waals surface area (Å²) < 4.78 is 0. The Kier molecular flexibility index (Phi) is 19.6. The van der Waals surface area contributed by atoms with E-state index in [1.54, 1.807) is 12.1 Å². The van der Waals surface area contributed by atoms with Crippen molar-refractivity contribution in [1.82, 2.24) is 0 Å². The largest absolute Gasteiger partial charge is 0.508 e. The molecule has 1 aromatic carbocycles. The van der Waals surface area contributed by atoms with Crippen molar-refractivity contribution < 1.29 is 26.0 Å². The van der Waals surface area contributed by atoms with Gasteiger partial charge in [-0.15, -0.1) is 0 Å². The van der Waals surface area contributed by atoms with Gasteiger partial charge in [-0.3, -0.25) is 4.79 Å². The van der Waals surface area contributed by atoms with Crippen LogP contribution in [0.15, 0.2) is 24.3 Å². The number of hydrogen-bond acceptors (Lipinski definition) is 3. The van der Waals surface area contributed by atoms with Crippen LogP contribution in [0.3, 0.4) is 0 Å². The van der Waals surface area contributed by atoms with E-state index in [2.05, 4.69) is 0 Å². The predicted molar refractivity (Wildman–Crippen MR) is 66.2 cm³/mol. The number of aliphatic carboxylic acids is 1. The summed E-state index contributed by atoms with van der Waals surface area (Å²) >= 11 is 0. The van der Waals surface area contributed by atoms with Gasteiger partial charge in [-0.25, -0.2) is 0 Å². The number of nitrogens with two attached hydrogens (primary N) is 1. The van der Waals surface area contributed by atoms with Gasteiger partial charge in [0, 0.05) is 59.1 Å². The number of rotatable bonds is 3. The van der Waals surface area contributed by atoms with E-state index in [-0.39, 0.29) is 82.2 Å². The van der Waals surface area contributed by atoms with Gasteiger partial charge in [0.05, 0.1) is 0 Å². The normalized spacial score (nSPS) is 9.47. The number of carbonyl (C=O) groups is 1. The summed E-state index contributed by atoms with van der Waals surface area (Å²) in [5.41, 5.74) is 6.12. The standard InChI is InChI=1S/C9H11NO3.2Na.2H2O/c10-8(9(12)13)5-6-1-3-7(11)4-2-6;;;;/h1-4,8,11H,5,10H2,(H,12,13);;;2*1H2/t8-;;;;/m0..../s1. The minimum atomic E-state index is -1.02. The van der Waals surface area contributed by atoms with Crippen molar-refractivity contribution in [1.29, 1.82) is 0 Å². The summed E-state index contributed by atoms with van der Waals surface area (Å²) in [7, 11) is 0. The third-order valence-corrected chi connectivity index (χ3v) is 1.71. The van der Waals surface area contributed by atoms with Crippen LogP contribution in [0.2, 0.25) is 0 Å². The molecule has 0 saturated carbocycles. The van der Waals surface area contributed by atoms with Crippen molar-refractivity contribution in [2.75, 3.05) is 0 Å². The molecule has 2 radical (unpaired) electrons. The second-order valence-electron chi connectivity index (χ2n) is 2.82. The van der Waals surface area contributed by atoms with Gasteiger partial charge in [0.25, 0.3) is 0 Å². The average Bonchev–Trinajstić information content (AvgIpc) is 2.08. The topological polar surface area (TPSA) is 147 Å². The van der Waals surface area contributed by atoms with E-state index in [0.29, 0.717) is 0 Å². The summed E-state index contributed by atoms with van der Waals surface area (Å²) in [6, 6.07) is 5.42. The molecule has 17 heavy (non-hydrogen) atoms. The van der Waals surface area contributed by atoms with Gasteiger partial charge in [-0.1, -0.05) is 12.1 Å². The first-order chi connectivity index (χ1) is 6.09. The number of carboxylic acids is 1. The van der Waals surface area contributed by atoms with E-state index in [1.165, 1.54) is 12.1 Å². The fourth-order valence-electron chi connectivity index (χ4n) is 0.973. The maximum atomic E-state index is 10.4. The third kappa shape index (κ3) is 10.0. The van der Waals surface area contributed by atoms with Gasteiger partial charge in [-0.05, 0) is 24.1 Å². The minimum absolute atomic E-state index is 0. The first-order valence-electron chi connectivity index (χ1n) is 3.86. The molecule has 0 aliphatic heterocycles. The third-order valence-electron chi connectivity index (χ3n) is 1.71. The van der Waals surface area contributed by atoms with Crippen LogP contribution in [-0.2, 0) is 11.2 Å². The SMILES string of the molecule is N[C@@H](Cc1ccc(O)cc1)C(=O)O.O.O.[Na].[Na]. The zero-order valence-corrected chi connectivity index (χ0v) is 14.0. The van der Waals surface area contributed by atoms with E-state index >= 15 is 0 Å². The molecule has 0 amide bonds. The van der Waals surface area contributed by atoms with Gasteiger partial charge in [-0.2, -0.15) is 0 Å². The molecule has 0 heterocycles. The van der Waals surface area contributed by atoms with Crippen LogP contribution < -0.4 is 5.73 Å². The zero-order valence-electron chi connectivity index (χ0n) is 9.97. The molecule has 0 bridgehead atoms. The summed E-state index contributed by atoms with van der Waals surface area (Å²) in [5, 5.41) is 17.5. The van der Waals surface area contributed by atoms with E-state index < -0.39 is 12.0 Å². The van der Waals surface area contributed by atoms with Crippen LogP contribution in [0.5, 0.6) is 5.75 Å². The molecule has 0 aliphatic carbocycles. The fraction of sp³-hybridized carbons (Fsp3) is 0.222. The number of hydrogen-bond donors (Lipinski definition) is 3. The molecule has 0 unspecified atom stereocenters. The van der Waals surface area contributed by atoms with E-state index in [1.807, 2.05) is 0 Å². The van der Waals surface area contributed by atoms with Crippen molar-refractivity contribution in [3.05, 3.63) is 29.8 Å². The van der Waals surface area contributed by atoms with Crippen LogP contribution in [0.4, 0.5) is 0 Å². The van der Waals surface area contributed by atoms with E-state index in [4.69, 9.17) is 15.9 Å². The molecular weight excluding hydrogens is 248 g/mol. The van der Waals surface area contributed by atoms with Crippen molar-refractivity contribution >= 4 is 65.1 Å². The van der Waals surface area contributed by atoms with Crippen molar-refractivity contribution in [2.45, 2.75) is 12.5 Å². The number of aromatic hydroxyl groups is 1. The Morgan fingerprint density at radius 3 is 1.94 bits per heavy atom. The molecule has 1 rings (SSSR count). The van der Waals surface area contributed by atoms with E-state index in [9.17, 15) is 4.79 Å². The van der Waals surface area contributed by atoms with Gasteiger partial charge >= 0.3 is 5.97 Å². The molecule has 0 fully saturated rings. The number of carboxylic acid groups (broad SMARTS) is 1. The molecule has 88 valence electrons. The number of phenols is 1. The Morgan fingerprint density at radius 2 is 1.59 bits per heavy atom. The Labute approximate surface area is 143 Å². The van der Waals surface area contributed by atoms with Crippen molar-refractivity contribution in [3.63, 3.8) is 0 Å². The second-order valence-corrected chi connectivity index (χ2v) is 2.82. The molecule has 6 nitrogen and oxygen atoms in total. The Balaban J connectivity index is -0.000000211. The monoisotopic (exact) mass is 263 g/mol. The van der Waals surface area contributed by atoms with Gasteiger partial charge in [0.15, 0.2) is 0 Å². The van der Waals surface area contributed by atoms with Gasteiger partial charge < -0.3 is 26.9 Å². The minimum Gasteiger partial charge on any atom is -0.508 e. The van der Waals surface area contributed by atoms with Crippen LogP contribution in [0, 0.1) is 0 Å². The molecule has 8 N–H and O–H groups in total. The van der Waals surface area contributed by atoms with Crippen LogP contribution in [0.1, 0.15) is 5.56 Å². The zero-order chi connectivity index (χ0) is 9.84. The maximum absolute atomic E-state index is 10.4. The van der Waals surface area contributed by atoms with Crippen LogP contribution in [-0.4, -0.2) is 92.3 Å². The molecule has 1 atom stereocenters. The summed E-state index contributed by atoms with van der Waals surface area (Å²) in [6.07, 6.45) is 0.273. The molecule has 0 aromatic heterocycles. The van der Waals surface area contributed by atoms with E-state index in [0.717, 1.165) is 5.56 Å². The summed E-state index contributed by atoms with van der Waals surface area (Å²) in [4.78, 5) is 10.4. The first-order valence-corrected chi connectivity index (χ1v) is 3.86. The quantitative estimate of drug-likeness (QED) is 0.537. The molecule has 1 aromatic rings. The van der Waals surface area contributed by atoms with Crippen LogP contribution >= 0.6 is 0 Å². The molecule has 0 aliphatic rings. The predicted octanol–water partition coefficient (Wildman–Crippen LogP) is -2.06.